The van der Waals surface area contributed by atoms with Gasteiger partial charge in [0, 0.05) is 29.7 Å². The summed E-state index contributed by atoms with van der Waals surface area (Å²) in [5.41, 5.74) is 0.341. The summed E-state index contributed by atoms with van der Waals surface area (Å²) in [5, 5.41) is 3.16. The second-order valence-corrected chi connectivity index (χ2v) is 11.7. The Labute approximate surface area is 251 Å². The zero-order valence-corrected chi connectivity index (χ0v) is 25.5. The Kier molecular flexibility index (Phi) is 11.6. The van der Waals surface area contributed by atoms with E-state index in [1.54, 1.807) is 6.07 Å². The minimum Gasteiger partial charge on any atom is -0.493 e. The Balaban J connectivity index is 2.05. The Bertz CT molecular complexity index is 1490. The van der Waals surface area contributed by atoms with Gasteiger partial charge in [-0.05, 0) is 55.8 Å². The van der Waals surface area contributed by atoms with Crippen molar-refractivity contribution in [2.45, 2.75) is 44.2 Å². The van der Waals surface area contributed by atoms with Crippen molar-refractivity contribution in [1.82, 2.24) is 10.2 Å². The van der Waals surface area contributed by atoms with Crippen LogP contribution in [0.4, 0.5) is 10.1 Å². The summed E-state index contributed by atoms with van der Waals surface area (Å²) < 4.78 is 54.1. The van der Waals surface area contributed by atoms with Crippen molar-refractivity contribution in [2.24, 2.45) is 0 Å². The zero-order valence-electron chi connectivity index (χ0n) is 24.0. The Morgan fingerprint density at radius 3 is 2.29 bits per heavy atom. The Hall–Kier alpha value is -3.83. The number of amides is 2. The lowest BCUT2D eigenvalue weighted by Crippen LogP contribution is -2.51. The Morgan fingerprint density at radius 1 is 1.00 bits per heavy atom. The van der Waals surface area contributed by atoms with Crippen LogP contribution in [0.15, 0.2) is 71.6 Å². The average Bonchev–Trinajstić information content (AvgIpc) is 2.99. The number of anilines is 1. The molecule has 0 saturated carbocycles. The van der Waals surface area contributed by atoms with Gasteiger partial charge >= 0.3 is 0 Å². The van der Waals surface area contributed by atoms with Crippen molar-refractivity contribution in [3.63, 3.8) is 0 Å². The number of ether oxygens (including phenoxy) is 2. The number of benzene rings is 3. The van der Waals surface area contributed by atoms with E-state index >= 15 is 0 Å². The molecule has 12 heteroatoms. The SMILES string of the molecule is CCCCNC(=O)[C@H](C)N(Cc1ccccc1F)C(=O)CN(c1ccc(Cl)cc1)S(=O)(=O)c1ccc(OC)c(OC)c1. The van der Waals surface area contributed by atoms with Gasteiger partial charge in [0.05, 0.1) is 24.8 Å². The van der Waals surface area contributed by atoms with E-state index in [1.165, 1.54) is 86.7 Å². The second kappa shape index (κ2) is 14.9. The number of carbonyl (C=O) groups excluding carboxylic acids is 2. The molecule has 9 nitrogen and oxygen atoms in total. The third-order valence-corrected chi connectivity index (χ3v) is 8.65. The van der Waals surface area contributed by atoms with Crippen molar-refractivity contribution in [3.8, 4) is 11.5 Å². The zero-order chi connectivity index (χ0) is 30.9. The van der Waals surface area contributed by atoms with E-state index in [4.69, 9.17) is 21.1 Å². The van der Waals surface area contributed by atoms with Gasteiger partial charge in [0.2, 0.25) is 11.8 Å². The molecule has 2 amide bonds. The fourth-order valence-electron chi connectivity index (χ4n) is 4.17. The normalized spacial score (nSPS) is 11.9. The number of rotatable bonds is 14. The lowest BCUT2D eigenvalue weighted by atomic mass is 10.1. The first-order valence-electron chi connectivity index (χ1n) is 13.3. The minimum absolute atomic E-state index is 0.158. The molecule has 0 aromatic heterocycles. The highest BCUT2D eigenvalue weighted by molar-refractivity contribution is 7.92. The van der Waals surface area contributed by atoms with Crippen LogP contribution < -0.4 is 19.1 Å². The highest BCUT2D eigenvalue weighted by Gasteiger charge is 2.33. The summed E-state index contributed by atoms with van der Waals surface area (Å²) in [5.74, 6) is -1.20. The smallest absolute Gasteiger partial charge is 0.264 e. The number of hydrogen-bond acceptors (Lipinski definition) is 6. The highest BCUT2D eigenvalue weighted by Crippen LogP contribution is 2.32. The van der Waals surface area contributed by atoms with E-state index < -0.39 is 40.2 Å². The summed E-state index contributed by atoms with van der Waals surface area (Å²) in [4.78, 5) is 28.0. The summed E-state index contributed by atoms with van der Waals surface area (Å²) in [6.07, 6.45) is 1.60. The third kappa shape index (κ3) is 7.92. The molecular weight excluding hydrogens is 585 g/mol. The monoisotopic (exact) mass is 619 g/mol. The molecule has 0 radical (unpaired) electrons. The average molecular weight is 620 g/mol. The number of sulfonamides is 1. The fraction of sp³-hybridized carbons (Fsp3) is 0.333. The molecule has 1 atom stereocenters. The van der Waals surface area contributed by atoms with Crippen LogP contribution in [-0.2, 0) is 26.2 Å². The first-order chi connectivity index (χ1) is 20.0. The topological polar surface area (TPSA) is 105 Å². The van der Waals surface area contributed by atoms with Crippen LogP contribution in [0.5, 0.6) is 11.5 Å². The second-order valence-electron chi connectivity index (χ2n) is 9.44. The predicted molar refractivity (Wildman–Crippen MR) is 160 cm³/mol. The van der Waals surface area contributed by atoms with Crippen molar-refractivity contribution < 1.29 is 31.9 Å². The van der Waals surface area contributed by atoms with Gasteiger partial charge in [-0.25, -0.2) is 12.8 Å². The molecule has 0 bridgehead atoms. The maximum absolute atomic E-state index is 14.7. The van der Waals surface area contributed by atoms with Crippen LogP contribution in [0.25, 0.3) is 0 Å². The summed E-state index contributed by atoms with van der Waals surface area (Å²) in [6, 6.07) is 14.9. The van der Waals surface area contributed by atoms with Crippen molar-refractivity contribution >= 4 is 39.1 Å². The highest BCUT2D eigenvalue weighted by atomic mass is 35.5. The molecule has 0 aliphatic carbocycles. The maximum Gasteiger partial charge on any atom is 0.264 e. The van der Waals surface area contributed by atoms with E-state index in [0.29, 0.717) is 17.3 Å². The van der Waals surface area contributed by atoms with Crippen molar-refractivity contribution in [3.05, 3.63) is 83.1 Å². The van der Waals surface area contributed by atoms with Crippen molar-refractivity contribution in [1.29, 1.82) is 0 Å². The maximum atomic E-state index is 14.7. The lowest BCUT2D eigenvalue weighted by Gasteiger charge is -2.32. The van der Waals surface area contributed by atoms with E-state index in [9.17, 15) is 22.4 Å². The molecule has 226 valence electrons. The van der Waals surface area contributed by atoms with E-state index in [0.717, 1.165) is 17.1 Å². The standard InChI is InChI=1S/C30H35ClFN3O6S/c1-5-6-17-33-30(37)21(2)34(19-22-9-7-8-10-26(22)32)29(36)20-35(24-13-11-23(31)12-14-24)42(38,39)25-15-16-27(40-3)28(18-25)41-4/h7-16,18,21H,5-6,17,19-20H2,1-4H3,(H,33,37)/t21-/m0/s1. The molecule has 0 fully saturated rings. The van der Waals surface area contributed by atoms with Gasteiger partial charge in [-0.2, -0.15) is 0 Å². The van der Waals surface area contributed by atoms with Gasteiger partial charge in [-0.15, -0.1) is 0 Å². The minimum atomic E-state index is -4.37. The molecule has 3 rings (SSSR count). The number of unbranched alkanes of at least 4 members (excludes halogenated alkanes) is 1. The number of nitrogens with zero attached hydrogens (tertiary/aromatic N) is 2. The molecular formula is C30H35ClFN3O6S. The quantitative estimate of drug-likeness (QED) is 0.254. The van der Waals surface area contributed by atoms with Gasteiger partial charge in [0.15, 0.2) is 11.5 Å². The number of halogens is 2. The van der Waals surface area contributed by atoms with Gasteiger partial charge in [0.25, 0.3) is 10.0 Å². The predicted octanol–water partition coefficient (Wildman–Crippen LogP) is 5.03. The molecule has 0 saturated heterocycles. The van der Waals surface area contributed by atoms with Crippen LogP contribution in [-0.4, -0.2) is 58.5 Å². The van der Waals surface area contributed by atoms with Crippen LogP contribution in [0.2, 0.25) is 5.02 Å². The number of hydrogen-bond donors (Lipinski definition) is 1. The summed E-state index contributed by atoms with van der Waals surface area (Å²) in [6.45, 7) is 2.98. The van der Waals surface area contributed by atoms with E-state index in [1.807, 2.05) is 6.92 Å². The van der Waals surface area contributed by atoms with Crippen LogP contribution in [0.3, 0.4) is 0 Å². The summed E-state index contributed by atoms with van der Waals surface area (Å²) in [7, 11) is -1.56. The molecule has 0 spiro atoms. The Morgan fingerprint density at radius 2 is 1.67 bits per heavy atom. The van der Waals surface area contributed by atoms with Gasteiger partial charge in [-0.1, -0.05) is 43.1 Å². The van der Waals surface area contributed by atoms with E-state index in [-0.39, 0.29) is 28.4 Å². The molecule has 42 heavy (non-hydrogen) atoms. The molecule has 0 heterocycles. The van der Waals surface area contributed by atoms with Gasteiger partial charge in [0.1, 0.15) is 18.4 Å². The molecule has 0 aliphatic rings. The number of nitrogens with one attached hydrogen (secondary N) is 1. The number of methoxy groups -OCH3 is 2. The number of carbonyl (C=O) groups is 2. The van der Waals surface area contributed by atoms with Crippen LogP contribution in [0.1, 0.15) is 32.3 Å². The van der Waals surface area contributed by atoms with Crippen molar-refractivity contribution in [2.75, 3.05) is 31.6 Å². The summed E-state index contributed by atoms with van der Waals surface area (Å²) >= 11 is 6.06. The van der Waals surface area contributed by atoms with Crippen LogP contribution >= 0.6 is 11.6 Å². The molecule has 3 aromatic carbocycles. The molecule has 0 unspecified atom stereocenters. The molecule has 1 N–H and O–H groups in total. The largest absolute Gasteiger partial charge is 0.493 e. The van der Waals surface area contributed by atoms with Gasteiger partial charge < -0.3 is 19.7 Å². The lowest BCUT2D eigenvalue weighted by molar-refractivity contribution is -0.139. The van der Waals surface area contributed by atoms with Crippen LogP contribution in [0, 0.1) is 5.82 Å². The van der Waals surface area contributed by atoms with Gasteiger partial charge in [-0.3, -0.25) is 13.9 Å². The molecule has 3 aromatic rings. The molecule has 0 aliphatic heterocycles. The fourth-order valence-corrected chi connectivity index (χ4v) is 5.73. The van der Waals surface area contributed by atoms with E-state index in [2.05, 4.69) is 5.32 Å². The first-order valence-corrected chi connectivity index (χ1v) is 15.2. The third-order valence-electron chi connectivity index (χ3n) is 6.63. The first kappa shape index (κ1) is 32.7.